The van der Waals surface area contributed by atoms with E-state index in [-0.39, 0.29) is 23.2 Å². The van der Waals surface area contributed by atoms with Crippen LogP contribution in [0.1, 0.15) is 34.8 Å². The molecule has 1 saturated carbocycles. The van der Waals surface area contributed by atoms with Gasteiger partial charge < -0.3 is 11.1 Å². The molecule has 0 radical (unpaired) electrons. The lowest BCUT2D eigenvalue weighted by molar-refractivity contribution is 0.0932. The van der Waals surface area contributed by atoms with Crippen LogP contribution < -0.4 is 11.1 Å². The lowest BCUT2D eigenvalue weighted by Gasteiger charge is -2.19. The second-order valence-corrected chi connectivity index (χ2v) is 5.43. The van der Waals surface area contributed by atoms with Crippen LogP contribution in [0, 0.1) is 11.7 Å². The van der Waals surface area contributed by atoms with Crippen LogP contribution in [0.3, 0.4) is 0 Å². The highest BCUT2D eigenvalue weighted by molar-refractivity contribution is 5.99. The first-order chi connectivity index (χ1) is 10.1. The molecule has 0 aromatic heterocycles. The molecule has 108 valence electrons. The number of rotatable bonds is 4. The number of carbonyl (C=O) groups excluding carboxylic acids is 1. The van der Waals surface area contributed by atoms with Crippen molar-refractivity contribution >= 4 is 11.6 Å². The summed E-state index contributed by atoms with van der Waals surface area (Å²) in [6.07, 6.45) is 2.19. The summed E-state index contributed by atoms with van der Waals surface area (Å²) in [6.45, 7) is 0. The van der Waals surface area contributed by atoms with Gasteiger partial charge in [0.1, 0.15) is 5.82 Å². The van der Waals surface area contributed by atoms with Gasteiger partial charge in [0, 0.05) is 5.69 Å². The third kappa shape index (κ3) is 3.05. The Kier molecular flexibility index (Phi) is 3.60. The molecule has 1 fully saturated rings. The largest absolute Gasteiger partial charge is 0.398 e. The SMILES string of the molecule is Nc1ccc(F)cc1C(=O)NC(c1ccccc1)C1CC1. The number of amides is 1. The third-order valence-electron chi connectivity index (χ3n) is 3.80. The average Bonchev–Trinajstić information content (AvgIpc) is 3.32. The number of nitrogens with one attached hydrogen (secondary N) is 1. The van der Waals surface area contributed by atoms with Crippen molar-refractivity contribution in [2.45, 2.75) is 18.9 Å². The maximum absolute atomic E-state index is 13.3. The lowest BCUT2D eigenvalue weighted by atomic mass is 10.0. The molecule has 0 heterocycles. The summed E-state index contributed by atoms with van der Waals surface area (Å²) < 4.78 is 13.3. The second-order valence-electron chi connectivity index (χ2n) is 5.43. The molecular formula is C17H17FN2O. The van der Waals surface area contributed by atoms with Gasteiger partial charge in [-0.25, -0.2) is 4.39 Å². The lowest BCUT2D eigenvalue weighted by Crippen LogP contribution is -2.30. The van der Waals surface area contributed by atoms with Gasteiger partial charge in [0.05, 0.1) is 11.6 Å². The summed E-state index contributed by atoms with van der Waals surface area (Å²) in [5.74, 6) is -0.337. The number of hydrogen-bond donors (Lipinski definition) is 2. The van der Waals surface area contributed by atoms with Crippen LogP contribution in [0.5, 0.6) is 0 Å². The van der Waals surface area contributed by atoms with E-state index >= 15 is 0 Å². The van der Waals surface area contributed by atoms with Gasteiger partial charge in [-0.15, -0.1) is 0 Å². The van der Waals surface area contributed by atoms with Crippen LogP contribution in [0.15, 0.2) is 48.5 Å². The van der Waals surface area contributed by atoms with Crippen molar-refractivity contribution in [3.8, 4) is 0 Å². The summed E-state index contributed by atoms with van der Waals surface area (Å²) in [6, 6.07) is 13.7. The first-order valence-corrected chi connectivity index (χ1v) is 7.06. The van der Waals surface area contributed by atoms with Gasteiger partial charge in [0.15, 0.2) is 0 Å². The molecule has 0 bridgehead atoms. The average molecular weight is 284 g/mol. The second kappa shape index (κ2) is 5.56. The van der Waals surface area contributed by atoms with E-state index in [1.54, 1.807) is 0 Å². The van der Waals surface area contributed by atoms with Crippen LogP contribution in [-0.2, 0) is 0 Å². The number of hydrogen-bond acceptors (Lipinski definition) is 2. The zero-order valence-electron chi connectivity index (χ0n) is 11.6. The molecule has 2 aromatic carbocycles. The Bertz CT molecular complexity index is 653. The van der Waals surface area contributed by atoms with Crippen LogP contribution in [0.25, 0.3) is 0 Å². The number of benzene rings is 2. The molecule has 1 amide bonds. The van der Waals surface area contributed by atoms with E-state index in [0.717, 1.165) is 18.4 Å². The molecule has 1 aliphatic rings. The number of anilines is 1. The highest BCUT2D eigenvalue weighted by atomic mass is 19.1. The summed E-state index contributed by atoms with van der Waals surface area (Å²) >= 11 is 0. The van der Waals surface area contributed by atoms with Gasteiger partial charge in [0.25, 0.3) is 5.91 Å². The number of nitrogen functional groups attached to an aromatic ring is 1. The quantitative estimate of drug-likeness (QED) is 0.846. The fraction of sp³-hybridized carbons (Fsp3) is 0.235. The van der Waals surface area contributed by atoms with Gasteiger partial charge in [-0.1, -0.05) is 30.3 Å². The van der Waals surface area contributed by atoms with E-state index in [1.807, 2.05) is 30.3 Å². The zero-order valence-corrected chi connectivity index (χ0v) is 11.6. The molecule has 3 N–H and O–H groups in total. The Balaban J connectivity index is 1.83. The molecule has 3 nitrogen and oxygen atoms in total. The Morgan fingerprint density at radius 1 is 1.19 bits per heavy atom. The predicted octanol–water partition coefficient (Wildman–Crippen LogP) is 3.29. The minimum Gasteiger partial charge on any atom is -0.398 e. The molecular weight excluding hydrogens is 267 g/mol. The zero-order chi connectivity index (χ0) is 14.8. The van der Waals surface area contributed by atoms with Crippen molar-refractivity contribution in [1.82, 2.24) is 5.32 Å². The molecule has 21 heavy (non-hydrogen) atoms. The molecule has 1 aliphatic carbocycles. The molecule has 0 saturated heterocycles. The minimum atomic E-state index is -0.461. The first kappa shape index (κ1) is 13.6. The molecule has 3 rings (SSSR count). The normalized spacial score (nSPS) is 15.5. The molecule has 1 atom stereocenters. The highest BCUT2D eigenvalue weighted by Crippen LogP contribution is 2.41. The van der Waals surface area contributed by atoms with Gasteiger partial charge in [-0.2, -0.15) is 0 Å². The van der Waals surface area contributed by atoms with Gasteiger partial charge in [-0.05, 0) is 42.5 Å². The van der Waals surface area contributed by atoms with Crippen LogP contribution >= 0.6 is 0 Å². The monoisotopic (exact) mass is 284 g/mol. The van der Waals surface area contributed by atoms with E-state index in [2.05, 4.69) is 5.32 Å². The summed E-state index contributed by atoms with van der Waals surface area (Å²) in [5.41, 5.74) is 7.32. The topological polar surface area (TPSA) is 55.1 Å². The van der Waals surface area contributed by atoms with E-state index in [4.69, 9.17) is 5.73 Å². The van der Waals surface area contributed by atoms with Crippen LogP contribution in [-0.4, -0.2) is 5.91 Å². The molecule has 4 heteroatoms. The van der Waals surface area contributed by atoms with Crippen molar-refractivity contribution in [2.24, 2.45) is 5.92 Å². The Morgan fingerprint density at radius 2 is 1.90 bits per heavy atom. The van der Waals surface area contributed by atoms with Crippen LogP contribution in [0.4, 0.5) is 10.1 Å². The summed E-state index contributed by atoms with van der Waals surface area (Å²) in [5, 5.41) is 2.99. The molecule has 0 aliphatic heterocycles. The standard InChI is InChI=1S/C17H17FN2O/c18-13-8-9-15(19)14(10-13)17(21)20-16(12-6-7-12)11-4-2-1-3-5-11/h1-5,8-10,12,16H,6-7,19H2,(H,20,21). The number of nitrogens with two attached hydrogens (primary N) is 1. The van der Waals surface area contributed by atoms with Crippen molar-refractivity contribution in [2.75, 3.05) is 5.73 Å². The highest BCUT2D eigenvalue weighted by Gasteiger charge is 2.33. The van der Waals surface area contributed by atoms with Crippen molar-refractivity contribution in [3.63, 3.8) is 0 Å². The van der Waals surface area contributed by atoms with Crippen LogP contribution in [0.2, 0.25) is 0 Å². The smallest absolute Gasteiger partial charge is 0.253 e. The Morgan fingerprint density at radius 3 is 2.57 bits per heavy atom. The van der Waals surface area contributed by atoms with E-state index < -0.39 is 5.82 Å². The summed E-state index contributed by atoms with van der Waals surface area (Å²) in [7, 11) is 0. The fourth-order valence-corrected chi connectivity index (χ4v) is 2.51. The van der Waals surface area contributed by atoms with E-state index in [9.17, 15) is 9.18 Å². The molecule has 2 aromatic rings. The van der Waals surface area contributed by atoms with E-state index in [0.29, 0.717) is 5.92 Å². The molecule has 1 unspecified atom stereocenters. The van der Waals surface area contributed by atoms with Crippen molar-refractivity contribution in [1.29, 1.82) is 0 Å². The molecule has 0 spiro atoms. The third-order valence-corrected chi connectivity index (χ3v) is 3.80. The number of halogens is 1. The Hall–Kier alpha value is -2.36. The number of carbonyl (C=O) groups is 1. The van der Waals surface area contributed by atoms with Crippen molar-refractivity contribution in [3.05, 3.63) is 65.5 Å². The van der Waals surface area contributed by atoms with Crippen molar-refractivity contribution < 1.29 is 9.18 Å². The van der Waals surface area contributed by atoms with Gasteiger partial charge in [0.2, 0.25) is 0 Å². The van der Waals surface area contributed by atoms with E-state index in [1.165, 1.54) is 18.2 Å². The first-order valence-electron chi connectivity index (χ1n) is 7.06. The maximum atomic E-state index is 13.3. The maximum Gasteiger partial charge on any atom is 0.253 e. The predicted molar refractivity (Wildman–Crippen MR) is 80.2 cm³/mol. The minimum absolute atomic E-state index is 0.0404. The van der Waals surface area contributed by atoms with Gasteiger partial charge in [-0.3, -0.25) is 4.79 Å². The van der Waals surface area contributed by atoms with Gasteiger partial charge >= 0.3 is 0 Å². The summed E-state index contributed by atoms with van der Waals surface area (Å²) in [4.78, 5) is 12.4. The Labute approximate surface area is 123 Å². The fourth-order valence-electron chi connectivity index (χ4n) is 2.51.